The minimum atomic E-state index is -0.946. The summed E-state index contributed by atoms with van der Waals surface area (Å²) < 4.78 is 0. The monoisotopic (exact) mass is 166 g/mol. The van der Waals surface area contributed by atoms with Gasteiger partial charge in [0.15, 0.2) is 5.82 Å². The van der Waals surface area contributed by atoms with E-state index in [0.29, 0.717) is 5.82 Å². The zero-order chi connectivity index (χ0) is 9.35. The molecule has 1 N–H and O–H groups in total. The van der Waals surface area contributed by atoms with Crippen molar-refractivity contribution in [3.63, 3.8) is 0 Å². The minimum Gasteiger partial charge on any atom is -0.382 e. The average molecular weight is 166 g/mol. The van der Waals surface area contributed by atoms with Crippen molar-refractivity contribution >= 4 is 0 Å². The van der Waals surface area contributed by atoms with E-state index in [4.69, 9.17) is 0 Å². The van der Waals surface area contributed by atoms with E-state index in [2.05, 4.69) is 9.97 Å². The fraction of sp³-hybridized carbons (Fsp3) is 0.556. The van der Waals surface area contributed by atoms with E-state index in [9.17, 15) is 5.11 Å². The van der Waals surface area contributed by atoms with Crippen molar-refractivity contribution in [2.75, 3.05) is 0 Å². The minimum absolute atomic E-state index is 0.477. The standard InChI is InChI=1S/C9H14N2O/c1-6-5-10-8(9(3,4)12)11-7(6)2/h5,12H,1-4H3. The quantitative estimate of drug-likeness (QED) is 0.684. The molecule has 0 aliphatic heterocycles. The maximum Gasteiger partial charge on any atom is 0.159 e. The van der Waals surface area contributed by atoms with Gasteiger partial charge in [-0.25, -0.2) is 9.97 Å². The van der Waals surface area contributed by atoms with E-state index in [-0.39, 0.29) is 0 Å². The Bertz CT molecular complexity index is 289. The second-order valence-electron chi connectivity index (χ2n) is 3.52. The Kier molecular flexibility index (Phi) is 2.15. The van der Waals surface area contributed by atoms with Crippen LogP contribution in [0.15, 0.2) is 6.20 Å². The Labute approximate surface area is 72.5 Å². The molecule has 3 heteroatoms. The predicted molar refractivity (Wildman–Crippen MR) is 46.8 cm³/mol. The molecule has 0 bridgehead atoms. The molecule has 66 valence electrons. The molecule has 12 heavy (non-hydrogen) atoms. The van der Waals surface area contributed by atoms with Crippen molar-refractivity contribution in [3.8, 4) is 0 Å². The third kappa shape index (κ3) is 1.80. The van der Waals surface area contributed by atoms with Crippen molar-refractivity contribution in [1.29, 1.82) is 0 Å². The predicted octanol–water partition coefficient (Wildman–Crippen LogP) is 1.32. The lowest BCUT2D eigenvalue weighted by molar-refractivity contribution is 0.0684. The van der Waals surface area contributed by atoms with Gasteiger partial charge in [0.2, 0.25) is 0 Å². The van der Waals surface area contributed by atoms with Gasteiger partial charge in [-0.3, -0.25) is 0 Å². The van der Waals surface area contributed by atoms with Crippen LogP contribution in [-0.4, -0.2) is 15.1 Å². The summed E-state index contributed by atoms with van der Waals surface area (Å²) in [5, 5.41) is 9.58. The van der Waals surface area contributed by atoms with Gasteiger partial charge >= 0.3 is 0 Å². The lowest BCUT2D eigenvalue weighted by Gasteiger charge is -2.15. The molecule has 0 unspecified atom stereocenters. The van der Waals surface area contributed by atoms with Gasteiger partial charge < -0.3 is 5.11 Å². The van der Waals surface area contributed by atoms with Crippen molar-refractivity contribution in [3.05, 3.63) is 23.3 Å². The van der Waals surface area contributed by atoms with Gasteiger partial charge in [0.05, 0.1) is 0 Å². The number of aliphatic hydroxyl groups is 1. The number of aromatic nitrogens is 2. The Hall–Kier alpha value is -0.960. The van der Waals surface area contributed by atoms with Crippen LogP contribution in [0.2, 0.25) is 0 Å². The third-order valence-corrected chi connectivity index (χ3v) is 1.77. The highest BCUT2D eigenvalue weighted by atomic mass is 16.3. The molecule has 1 aromatic rings. The van der Waals surface area contributed by atoms with E-state index >= 15 is 0 Å². The summed E-state index contributed by atoms with van der Waals surface area (Å²) in [7, 11) is 0. The molecule has 0 fully saturated rings. The van der Waals surface area contributed by atoms with Gasteiger partial charge in [0.25, 0.3) is 0 Å². The molecule has 0 saturated heterocycles. The molecule has 0 spiro atoms. The molecule has 1 rings (SSSR count). The molecule has 3 nitrogen and oxygen atoms in total. The number of nitrogens with zero attached hydrogens (tertiary/aromatic N) is 2. The number of rotatable bonds is 1. The van der Waals surface area contributed by atoms with E-state index in [1.807, 2.05) is 13.8 Å². The van der Waals surface area contributed by atoms with Crippen LogP contribution >= 0.6 is 0 Å². The molecule has 0 radical (unpaired) electrons. The smallest absolute Gasteiger partial charge is 0.159 e. The van der Waals surface area contributed by atoms with E-state index in [0.717, 1.165) is 11.3 Å². The summed E-state index contributed by atoms with van der Waals surface area (Å²) >= 11 is 0. The van der Waals surface area contributed by atoms with Crippen LogP contribution in [0, 0.1) is 13.8 Å². The second kappa shape index (κ2) is 2.83. The van der Waals surface area contributed by atoms with Crippen molar-refractivity contribution in [2.45, 2.75) is 33.3 Å². The third-order valence-electron chi connectivity index (χ3n) is 1.77. The highest BCUT2D eigenvalue weighted by Crippen LogP contribution is 2.15. The van der Waals surface area contributed by atoms with Crippen LogP contribution in [0.4, 0.5) is 0 Å². The van der Waals surface area contributed by atoms with Crippen molar-refractivity contribution in [2.24, 2.45) is 0 Å². The summed E-state index contributed by atoms with van der Waals surface area (Å²) in [4.78, 5) is 8.23. The molecule has 0 aliphatic rings. The first-order chi connectivity index (χ1) is 5.41. The van der Waals surface area contributed by atoms with Crippen LogP contribution in [0.3, 0.4) is 0 Å². The van der Waals surface area contributed by atoms with E-state index in [1.54, 1.807) is 20.0 Å². The number of hydrogen-bond acceptors (Lipinski definition) is 3. The molecular formula is C9H14N2O. The maximum atomic E-state index is 9.58. The van der Waals surface area contributed by atoms with Crippen molar-refractivity contribution in [1.82, 2.24) is 9.97 Å². The van der Waals surface area contributed by atoms with Crippen LogP contribution in [0.5, 0.6) is 0 Å². The van der Waals surface area contributed by atoms with Gasteiger partial charge in [-0.2, -0.15) is 0 Å². The van der Waals surface area contributed by atoms with Crippen LogP contribution in [0.1, 0.15) is 30.9 Å². The zero-order valence-electron chi connectivity index (χ0n) is 7.92. The van der Waals surface area contributed by atoms with Crippen molar-refractivity contribution < 1.29 is 5.11 Å². The van der Waals surface area contributed by atoms with Crippen LogP contribution < -0.4 is 0 Å². The molecule has 1 aromatic heterocycles. The SMILES string of the molecule is Cc1cnc(C(C)(C)O)nc1C. The lowest BCUT2D eigenvalue weighted by atomic mass is 10.1. The molecule has 1 heterocycles. The fourth-order valence-corrected chi connectivity index (χ4v) is 0.822. The zero-order valence-corrected chi connectivity index (χ0v) is 7.92. The fourth-order valence-electron chi connectivity index (χ4n) is 0.822. The van der Waals surface area contributed by atoms with Crippen LogP contribution in [0.25, 0.3) is 0 Å². The molecule has 0 amide bonds. The number of aryl methyl sites for hydroxylation is 2. The van der Waals surface area contributed by atoms with Gasteiger partial charge in [0, 0.05) is 11.9 Å². The lowest BCUT2D eigenvalue weighted by Crippen LogP contribution is -2.20. The molecule has 0 aromatic carbocycles. The maximum absolute atomic E-state index is 9.58. The first kappa shape index (κ1) is 9.13. The largest absolute Gasteiger partial charge is 0.382 e. The summed E-state index contributed by atoms with van der Waals surface area (Å²) in [5.41, 5.74) is 1.02. The van der Waals surface area contributed by atoms with E-state index < -0.39 is 5.60 Å². The van der Waals surface area contributed by atoms with Crippen LogP contribution in [-0.2, 0) is 5.60 Å². The van der Waals surface area contributed by atoms with Gasteiger partial charge in [-0.05, 0) is 33.3 Å². The highest BCUT2D eigenvalue weighted by Gasteiger charge is 2.19. The summed E-state index contributed by atoms with van der Waals surface area (Å²) in [6, 6.07) is 0. The molecular weight excluding hydrogens is 152 g/mol. The normalized spacial score (nSPS) is 11.8. The van der Waals surface area contributed by atoms with Gasteiger partial charge in [-0.15, -0.1) is 0 Å². The van der Waals surface area contributed by atoms with Gasteiger partial charge in [0.1, 0.15) is 5.60 Å². The first-order valence-electron chi connectivity index (χ1n) is 3.94. The number of hydrogen-bond donors (Lipinski definition) is 1. The van der Waals surface area contributed by atoms with Gasteiger partial charge in [-0.1, -0.05) is 0 Å². The Balaban J connectivity index is 3.14. The molecule has 0 atom stereocenters. The van der Waals surface area contributed by atoms with E-state index in [1.165, 1.54) is 0 Å². The summed E-state index contributed by atoms with van der Waals surface area (Å²) in [5.74, 6) is 0.477. The second-order valence-corrected chi connectivity index (χ2v) is 3.52. The molecule has 0 saturated carbocycles. The first-order valence-corrected chi connectivity index (χ1v) is 3.94. The Morgan fingerprint density at radius 3 is 2.33 bits per heavy atom. The summed E-state index contributed by atoms with van der Waals surface area (Å²) in [6.07, 6.45) is 1.73. The molecule has 0 aliphatic carbocycles. The summed E-state index contributed by atoms with van der Waals surface area (Å²) in [6.45, 7) is 7.21. The highest BCUT2D eigenvalue weighted by molar-refractivity contribution is 5.15. The Morgan fingerprint density at radius 2 is 1.92 bits per heavy atom. The average Bonchev–Trinajstić information content (AvgIpc) is 1.92. The Morgan fingerprint density at radius 1 is 1.33 bits per heavy atom. The topological polar surface area (TPSA) is 46.0 Å².